The molecule has 0 aliphatic heterocycles. The Morgan fingerprint density at radius 3 is 1.69 bits per heavy atom. The summed E-state index contributed by atoms with van der Waals surface area (Å²) < 4.78 is 83.3. The predicted molar refractivity (Wildman–Crippen MR) is 87.7 cm³/mol. The third-order valence-corrected chi connectivity index (χ3v) is 5.89. The topological polar surface area (TPSA) is 12.9 Å². The second kappa shape index (κ2) is 7.25. The third-order valence-electron chi connectivity index (χ3n) is 3.36. The van der Waals surface area contributed by atoms with Gasteiger partial charge in [-0.2, -0.15) is 0 Å². The lowest BCUT2D eigenvalue weighted by Crippen LogP contribution is -2.28. The van der Waals surface area contributed by atoms with Crippen molar-refractivity contribution in [3.8, 4) is 0 Å². The Balaban J connectivity index is 2.36. The van der Waals surface area contributed by atoms with E-state index in [0.29, 0.717) is 24.3 Å². The summed E-state index contributed by atoms with van der Waals surface area (Å²) in [5.41, 5.74) is -0.0831. The second-order valence-corrected chi connectivity index (χ2v) is 7.58. The van der Waals surface area contributed by atoms with Gasteiger partial charge in [-0.3, -0.25) is 0 Å². The Morgan fingerprint density at radius 2 is 1.23 bits per heavy atom. The van der Waals surface area contributed by atoms with Gasteiger partial charge in [0.25, 0.3) is 0 Å². The van der Waals surface area contributed by atoms with Gasteiger partial charge in [-0.1, -0.05) is 17.7 Å². The van der Waals surface area contributed by atoms with Crippen LogP contribution in [0.3, 0.4) is 0 Å². The van der Waals surface area contributed by atoms with Crippen molar-refractivity contribution >= 4 is 35.6 Å². The van der Waals surface area contributed by atoms with Crippen LogP contribution in [0, 0.1) is 34.9 Å². The number of aromatic nitrogens is 1. The summed E-state index contributed by atoms with van der Waals surface area (Å²) in [7, 11) is -2.47. The van der Waals surface area contributed by atoms with Gasteiger partial charge in [-0.25, -0.2) is 31.3 Å². The van der Waals surface area contributed by atoms with E-state index < -0.39 is 53.4 Å². The first-order chi connectivity index (χ1) is 12.3. The molecule has 0 amide bonds. The Bertz CT molecular complexity index is 940. The summed E-state index contributed by atoms with van der Waals surface area (Å²) in [6, 6.07) is 5.93. The minimum atomic E-state index is -2.47. The van der Waals surface area contributed by atoms with Crippen molar-refractivity contribution < 1.29 is 26.3 Å². The molecule has 0 aliphatic rings. The van der Waals surface area contributed by atoms with Crippen LogP contribution in [0.2, 0.25) is 5.15 Å². The maximum absolute atomic E-state index is 14.3. The van der Waals surface area contributed by atoms with E-state index >= 15 is 0 Å². The molecule has 26 heavy (non-hydrogen) atoms. The van der Waals surface area contributed by atoms with Crippen molar-refractivity contribution in [1.29, 1.82) is 0 Å². The van der Waals surface area contributed by atoms with Crippen LogP contribution in [0.15, 0.2) is 42.5 Å². The fourth-order valence-electron chi connectivity index (χ4n) is 2.31. The fourth-order valence-corrected chi connectivity index (χ4v) is 4.84. The minimum Gasteiger partial charge on any atom is -0.236 e. The van der Waals surface area contributed by atoms with E-state index in [1.165, 1.54) is 18.2 Å². The first kappa shape index (κ1) is 18.7. The van der Waals surface area contributed by atoms with Gasteiger partial charge in [0.15, 0.2) is 23.3 Å². The molecule has 134 valence electrons. The molecule has 0 unspecified atom stereocenters. The number of benzene rings is 2. The normalized spacial score (nSPS) is 11.2. The van der Waals surface area contributed by atoms with Gasteiger partial charge in [-0.15, -0.1) is 0 Å². The van der Waals surface area contributed by atoms with Crippen molar-refractivity contribution in [2.24, 2.45) is 0 Å². The van der Waals surface area contributed by atoms with E-state index in [4.69, 9.17) is 11.6 Å². The average Bonchev–Trinajstić information content (AvgIpc) is 2.56. The van der Waals surface area contributed by atoms with Crippen LogP contribution in [0.25, 0.3) is 0 Å². The Hall–Kier alpha value is -2.11. The first-order valence-electron chi connectivity index (χ1n) is 6.99. The largest absolute Gasteiger partial charge is 0.236 e. The van der Waals surface area contributed by atoms with Crippen LogP contribution in [0.4, 0.5) is 26.3 Å². The van der Waals surface area contributed by atoms with E-state index in [2.05, 4.69) is 4.98 Å². The molecule has 0 spiro atoms. The zero-order valence-corrected chi connectivity index (χ0v) is 14.2. The van der Waals surface area contributed by atoms with Gasteiger partial charge < -0.3 is 0 Å². The monoisotopic (exact) mass is 405 g/mol. The highest BCUT2D eigenvalue weighted by Gasteiger charge is 2.29. The molecule has 0 aliphatic carbocycles. The number of pyridine rings is 1. The third kappa shape index (κ3) is 3.55. The maximum atomic E-state index is 14.3. The molecule has 1 aromatic heterocycles. The van der Waals surface area contributed by atoms with Crippen molar-refractivity contribution in [3.63, 3.8) is 0 Å². The van der Waals surface area contributed by atoms with Gasteiger partial charge in [0.1, 0.15) is 16.8 Å². The minimum absolute atomic E-state index is 0.0652. The molecular formula is C17H7ClF6NP. The van der Waals surface area contributed by atoms with E-state index in [0.717, 1.165) is 0 Å². The van der Waals surface area contributed by atoms with Gasteiger partial charge >= 0.3 is 0 Å². The highest BCUT2D eigenvalue weighted by Crippen LogP contribution is 2.36. The Morgan fingerprint density at radius 1 is 0.731 bits per heavy atom. The van der Waals surface area contributed by atoms with Crippen LogP contribution < -0.4 is 16.0 Å². The molecule has 0 atom stereocenters. The lowest BCUT2D eigenvalue weighted by Gasteiger charge is -2.20. The number of hydrogen-bond acceptors (Lipinski definition) is 1. The zero-order valence-electron chi connectivity index (χ0n) is 12.6. The van der Waals surface area contributed by atoms with E-state index in [1.807, 2.05) is 0 Å². The Kier molecular flexibility index (Phi) is 5.21. The van der Waals surface area contributed by atoms with Crippen LogP contribution in [0.1, 0.15) is 0 Å². The quantitative estimate of drug-likeness (QED) is 0.274. The van der Waals surface area contributed by atoms with Crippen LogP contribution in [-0.4, -0.2) is 4.98 Å². The average molecular weight is 406 g/mol. The molecule has 0 radical (unpaired) electrons. The number of rotatable bonds is 3. The molecule has 0 saturated carbocycles. The lowest BCUT2D eigenvalue weighted by atomic mass is 10.3. The smallest absolute Gasteiger partial charge is 0.167 e. The molecule has 0 saturated heterocycles. The summed E-state index contributed by atoms with van der Waals surface area (Å²) in [4.78, 5) is 3.90. The lowest BCUT2D eigenvalue weighted by molar-refractivity contribution is 0.499. The maximum Gasteiger partial charge on any atom is 0.167 e. The van der Waals surface area contributed by atoms with Crippen LogP contribution in [0.5, 0.6) is 0 Å². The molecule has 1 nitrogen and oxygen atoms in total. The molecule has 1 heterocycles. The van der Waals surface area contributed by atoms with Gasteiger partial charge in [0.05, 0.1) is 5.44 Å². The Labute approximate surface area is 150 Å². The summed E-state index contributed by atoms with van der Waals surface area (Å²) in [5, 5.41) is -1.29. The van der Waals surface area contributed by atoms with Gasteiger partial charge in [-0.05, 0) is 24.3 Å². The highest BCUT2D eigenvalue weighted by atomic mass is 35.5. The molecule has 0 N–H and O–H groups in total. The molecule has 9 heteroatoms. The van der Waals surface area contributed by atoms with Crippen molar-refractivity contribution in [1.82, 2.24) is 4.98 Å². The molecular weight excluding hydrogens is 399 g/mol. The molecule has 3 rings (SSSR count). The van der Waals surface area contributed by atoms with E-state index in [9.17, 15) is 26.3 Å². The molecule has 3 aromatic rings. The summed E-state index contributed by atoms with van der Waals surface area (Å²) in [6.07, 6.45) is 0. The summed E-state index contributed by atoms with van der Waals surface area (Å²) in [6.45, 7) is 0. The fraction of sp³-hybridized carbons (Fsp3) is 0. The number of halogens is 7. The van der Waals surface area contributed by atoms with Crippen molar-refractivity contribution in [2.75, 3.05) is 0 Å². The van der Waals surface area contributed by atoms with E-state index in [1.54, 1.807) is 0 Å². The van der Waals surface area contributed by atoms with Gasteiger partial charge in [0.2, 0.25) is 0 Å². The second-order valence-electron chi connectivity index (χ2n) is 5.10. The van der Waals surface area contributed by atoms with Crippen molar-refractivity contribution in [2.45, 2.75) is 0 Å². The number of hydrogen-bond donors (Lipinski definition) is 0. The SMILES string of the molecule is Fc1cc(F)c(F)c(P(c2cccc(Cl)n2)c2cc(F)cc(F)c2F)c1. The number of nitrogens with zero attached hydrogens (tertiary/aromatic N) is 1. The van der Waals surface area contributed by atoms with E-state index in [-0.39, 0.29) is 10.6 Å². The van der Waals surface area contributed by atoms with Crippen molar-refractivity contribution in [3.05, 3.63) is 82.5 Å². The van der Waals surface area contributed by atoms with Crippen LogP contribution in [-0.2, 0) is 0 Å². The first-order valence-corrected chi connectivity index (χ1v) is 8.71. The molecule has 0 fully saturated rings. The van der Waals surface area contributed by atoms with Crippen LogP contribution >= 0.6 is 19.5 Å². The van der Waals surface area contributed by atoms with Gasteiger partial charge in [0, 0.05) is 30.7 Å². The highest BCUT2D eigenvalue weighted by molar-refractivity contribution is 7.79. The standard InChI is InChI=1S/C17H7ClF6NP/c18-14-2-1-3-15(25-14)26(12-6-8(19)4-10(21)16(12)23)13-7-9(20)5-11(22)17(13)24/h1-7H. The molecule has 2 aromatic carbocycles. The molecule has 0 bridgehead atoms. The predicted octanol–water partition coefficient (Wildman–Crippen LogP) is 4.33. The zero-order chi connectivity index (χ0) is 19.0. The summed E-state index contributed by atoms with van der Waals surface area (Å²) in [5.74, 6) is -8.25. The summed E-state index contributed by atoms with van der Waals surface area (Å²) >= 11 is 5.78.